The lowest BCUT2D eigenvalue weighted by Gasteiger charge is -2.28. The molecule has 30 heavy (non-hydrogen) atoms. The van der Waals surface area contributed by atoms with Gasteiger partial charge >= 0.3 is 12.1 Å². The SMILES string of the molecule is O=C(O)C(F)(F)F.O=C(c1cnccn1)N1C[C@H]2CN(CC3CCCCC3)C[C@H]2C1. The third-order valence-corrected chi connectivity index (χ3v) is 6.12. The second-order valence-electron chi connectivity index (χ2n) is 8.35. The maximum Gasteiger partial charge on any atom is 0.490 e. The Morgan fingerprint density at radius 1 is 1.03 bits per heavy atom. The normalized spacial score (nSPS) is 24.8. The summed E-state index contributed by atoms with van der Waals surface area (Å²) in [7, 11) is 0. The minimum absolute atomic E-state index is 0.0475. The van der Waals surface area contributed by atoms with E-state index in [2.05, 4.69) is 14.9 Å². The number of carboxylic acids is 1. The summed E-state index contributed by atoms with van der Waals surface area (Å²) in [5, 5.41) is 7.12. The molecule has 0 aromatic carbocycles. The molecule has 166 valence electrons. The van der Waals surface area contributed by atoms with Crippen molar-refractivity contribution < 1.29 is 27.9 Å². The van der Waals surface area contributed by atoms with Crippen LogP contribution in [0.25, 0.3) is 0 Å². The molecular formula is C20H27F3N4O3. The number of aliphatic carboxylic acids is 1. The van der Waals surface area contributed by atoms with Crippen LogP contribution in [0.1, 0.15) is 42.6 Å². The number of hydrogen-bond acceptors (Lipinski definition) is 5. The Morgan fingerprint density at radius 3 is 2.13 bits per heavy atom. The first-order valence-corrected chi connectivity index (χ1v) is 10.3. The molecule has 1 amide bonds. The van der Waals surface area contributed by atoms with Crippen LogP contribution in [0.3, 0.4) is 0 Å². The van der Waals surface area contributed by atoms with Crippen LogP contribution in [0.15, 0.2) is 18.6 Å². The standard InChI is InChI=1S/C18H26N4O.C2HF3O2/c23-18(17-8-19-6-7-20-17)22-12-15-10-21(11-16(15)13-22)9-14-4-2-1-3-5-14;3-2(4,5)1(6)7/h6-8,14-16H,1-5,9-13H2;(H,6,7)/t15-,16+;. The molecule has 3 heterocycles. The molecule has 3 fully saturated rings. The van der Waals surface area contributed by atoms with Crippen LogP contribution in [0.5, 0.6) is 0 Å². The molecule has 2 atom stereocenters. The van der Waals surface area contributed by atoms with Crippen LogP contribution in [0.2, 0.25) is 0 Å². The molecule has 0 unspecified atom stereocenters. The van der Waals surface area contributed by atoms with Gasteiger partial charge in [0.15, 0.2) is 0 Å². The monoisotopic (exact) mass is 428 g/mol. The molecule has 1 aromatic rings. The Balaban J connectivity index is 0.000000318. The number of rotatable bonds is 3. The zero-order valence-electron chi connectivity index (χ0n) is 16.7. The molecule has 1 aromatic heterocycles. The van der Waals surface area contributed by atoms with Gasteiger partial charge in [-0.25, -0.2) is 9.78 Å². The number of fused-ring (bicyclic) bond motifs is 1. The summed E-state index contributed by atoms with van der Waals surface area (Å²) in [4.78, 5) is 34.2. The van der Waals surface area contributed by atoms with E-state index in [0.29, 0.717) is 17.5 Å². The van der Waals surface area contributed by atoms with E-state index in [1.807, 2.05) is 4.90 Å². The highest BCUT2D eigenvalue weighted by Gasteiger charge is 2.42. The minimum Gasteiger partial charge on any atom is -0.475 e. The van der Waals surface area contributed by atoms with Crippen molar-refractivity contribution in [3.63, 3.8) is 0 Å². The number of carbonyl (C=O) groups is 2. The average molecular weight is 428 g/mol. The fourth-order valence-electron chi connectivity index (χ4n) is 4.71. The van der Waals surface area contributed by atoms with Crippen molar-refractivity contribution in [1.82, 2.24) is 19.8 Å². The summed E-state index contributed by atoms with van der Waals surface area (Å²) in [6.45, 7) is 5.41. The van der Waals surface area contributed by atoms with Gasteiger partial charge in [0.25, 0.3) is 5.91 Å². The largest absolute Gasteiger partial charge is 0.490 e. The van der Waals surface area contributed by atoms with E-state index >= 15 is 0 Å². The number of hydrogen-bond donors (Lipinski definition) is 1. The number of halogens is 3. The number of carbonyl (C=O) groups excluding carboxylic acids is 1. The number of aromatic nitrogens is 2. The highest BCUT2D eigenvalue weighted by molar-refractivity contribution is 5.92. The number of carboxylic acid groups (broad SMARTS) is 1. The highest BCUT2D eigenvalue weighted by Crippen LogP contribution is 2.33. The summed E-state index contributed by atoms with van der Waals surface area (Å²) < 4.78 is 31.7. The fourth-order valence-corrected chi connectivity index (χ4v) is 4.71. The second-order valence-corrected chi connectivity index (χ2v) is 8.35. The lowest BCUT2D eigenvalue weighted by molar-refractivity contribution is -0.192. The third kappa shape index (κ3) is 5.90. The maximum absolute atomic E-state index is 12.5. The molecule has 1 aliphatic carbocycles. The van der Waals surface area contributed by atoms with Crippen molar-refractivity contribution in [2.24, 2.45) is 17.8 Å². The zero-order valence-corrected chi connectivity index (χ0v) is 16.7. The Bertz CT molecular complexity index is 712. The van der Waals surface area contributed by atoms with E-state index < -0.39 is 12.1 Å². The Labute approximate surface area is 173 Å². The predicted octanol–water partition coefficient (Wildman–Crippen LogP) is 2.69. The van der Waals surface area contributed by atoms with Gasteiger partial charge in [0.05, 0.1) is 6.20 Å². The number of likely N-dealkylation sites (tertiary alicyclic amines) is 2. The van der Waals surface area contributed by atoms with Crippen LogP contribution in [-0.2, 0) is 4.79 Å². The van der Waals surface area contributed by atoms with Gasteiger partial charge in [0.2, 0.25) is 0 Å². The van der Waals surface area contributed by atoms with Gasteiger partial charge in [-0.1, -0.05) is 19.3 Å². The highest BCUT2D eigenvalue weighted by atomic mass is 19.4. The summed E-state index contributed by atoms with van der Waals surface area (Å²) >= 11 is 0. The number of nitrogens with zero attached hydrogens (tertiary/aromatic N) is 4. The summed E-state index contributed by atoms with van der Waals surface area (Å²) in [5.41, 5.74) is 0.478. The second kappa shape index (κ2) is 9.72. The molecule has 2 saturated heterocycles. The zero-order chi connectivity index (χ0) is 21.7. The van der Waals surface area contributed by atoms with E-state index in [9.17, 15) is 18.0 Å². The smallest absolute Gasteiger partial charge is 0.475 e. The van der Waals surface area contributed by atoms with Crippen molar-refractivity contribution in [1.29, 1.82) is 0 Å². The van der Waals surface area contributed by atoms with Crippen molar-refractivity contribution in [2.45, 2.75) is 38.3 Å². The van der Waals surface area contributed by atoms with Gasteiger partial charge in [-0.05, 0) is 30.6 Å². The van der Waals surface area contributed by atoms with Crippen molar-refractivity contribution in [3.05, 3.63) is 24.3 Å². The maximum atomic E-state index is 12.5. The van der Waals surface area contributed by atoms with E-state index in [0.717, 1.165) is 19.0 Å². The lowest BCUT2D eigenvalue weighted by Crippen LogP contribution is -2.35. The first-order valence-electron chi connectivity index (χ1n) is 10.3. The van der Waals surface area contributed by atoms with Crippen LogP contribution >= 0.6 is 0 Å². The predicted molar refractivity (Wildman–Crippen MR) is 102 cm³/mol. The van der Waals surface area contributed by atoms with E-state index in [1.165, 1.54) is 51.7 Å². The Hall–Kier alpha value is -2.23. The van der Waals surface area contributed by atoms with E-state index in [4.69, 9.17) is 9.90 Å². The summed E-state index contributed by atoms with van der Waals surface area (Å²) in [5.74, 6) is -0.489. The molecule has 0 spiro atoms. The molecule has 0 radical (unpaired) electrons. The van der Waals surface area contributed by atoms with Gasteiger partial charge in [-0.3, -0.25) is 9.78 Å². The molecule has 7 nitrogen and oxygen atoms in total. The van der Waals surface area contributed by atoms with Crippen molar-refractivity contribution in [2.75, 3.05) is 32.7 Å². The van der Waals surface area contributed by atoms with Gasteiger partial charge in [-0.2, -0.15) is 13.2 Å². The van der Waals surface area contributed by atoms with Crippen LogP contribution in [0.4, 0.5) is 13.2 Å². The Morgan fingerprint density at radius 2 is 1.63 bits per heavy atom. The third-order valence-electron chi connectivity index (χ3n) is 6.12. The van der Waals surface area contributed by atoms with Gasteiger partial charge in [0.1, 0.15) is 5.69 Å². The molecule has 1 saturated carbocycles. The number of alkyl halides is 3. The number of amides is 1. The molecule has 2 aliphatic heterocycles. The molecule has 4 rings (SSSR count). The topological polar surface area (TPSA) is 86.6 Å². The van der Waals surface area contributed by atoms with E-state index in [-0.39, 0.29) is 5.91 Å². The van der Waals surface area contributed by atoms with E-state index in [1.54, 1.807) is 18.6 Å². The van der Waals surface area contributed by atoms with Crippen LogP contribution in [-0.4, -0.2) is 75.7 Å². The Kier molecular flexibility index (Phi) is 7.27. The quantitative estimate of drug-likeness (QED) is 0.797. The fraction of sp³-hybridized carbons (Fsp3) is 0.700. The molecule has 0 bridgehead atoms. The minimum atomic E-state index is -5.08. The van der Waals surface area contributed by atoms with Crippen molar-refractivity contribution >= 4 is 11.9 Å². The van der Waals surface area contributed by atoms with Gasteiger partial charge < -0.3 is 14.9 Å². The average Bonchev–Trinajstić information content (AvgIpc) is 3.27. The molecule has 3 aliphatic rings. The van der Waals surface area contributed by atoms with Gasteiger partial charge in [0, 0.05) is 45.1 Å². The van der Waals surface area contributed by atoms with Crippen LogP contribution in [0, 0.1) is 17.8 Å². The summed E-state index contributed by atoms with van der Waals surface area (Å²) in [6.07, 6.45) is 6.81. The molecular weight excluding hydrogens is 401 g/mol. The molecule has 1 N–H and O–H groups in total. The summed E-state index contributed by atoms with van der Waals surface area (Å²) in [6, 6.07) is 0. The first kappa shape index (κ1) is 22.5. The lowest BCUT2D eigenvalue weighted by atomic mass is 9.89. The molecule has 10 heteroatoms. The van der Waals surface area contributed by atoms with Gasteiger partial charge in [-0.15, -0.1) is 0 Å². The van der Waals surface area contributed by atoms with Crippen LogP contribution < -0.4 is 0 Å². The first-order chi connectivity index (χ1) is 14.2. The van der Waals surface area contributed by atoms with Crippen molar-refractivity contribution in [3.8, 4) is 0 Å².